The first-order valence-corrected chi connectivity index (χ1v) is 5.54. The van der Waals surface area contributed by atoms with Gasteiger partial charge >= 0.3 is 0 Å². The second kappa shape index (κ2) is 4.37. The molecule has 1 fully saturated rings. The number of hydrogen-bond acceptors (Lipinski definition) is 3. The molecule has 2 rings (SSSR count). The number of nitrogens with one attached hydrogen (secondary N) is 1. The summed E-state index contributed by atoms with van der Waals surface area (Å²) in [5.74, 6) is 0.734. The minimum absolute atomic E-state index is 0.0995. The highest BCUT2D eigenvalue weighted by Gasteiger charge is 2.28. The van der Waals surface area contributed by atoms with Crippen molar-refractivity contribution in [2.75, 3.05) is 13.2 Å². The fraction of sp³-hybridized carbons (Fsp3) is 0.545. The van der Waals surface area contributed by atoms with Gasteiger partial charge in [-0.15, -0.1) is 0 Å². The van der Waals surface area contributed by atoms with Crippen LogP contribution in [0.1, 0.15) is 19.8 Å². The third-order valence-electron chi connectivity index (χ3n) is 2.69. The number of aromatic nitrogens is 1. The maximum atomic E-state index is 5.82. The summed E-state index contributed by atoms with van der Waals surface area (Å²) in [5.41, 5.74) is 0.0995. The maximum absolute atomic E-state index is 5.82. The molecule has 0 amide bonds. The molecule has 4 heteroatoms. The van der Waals surface area contributed by atoms with Crippen molar-refractivity contribution >= 4 is 11.6 Å². The van der Waals surface area contributed by atoms with E-state index in [-0.39, 0.29) is 5.54 Å². The van der Waals surface area contributed by atoms with Crippen molar-refractivity contribution in [2.24, 2.45) is 0 Å². The first-order chi connectivity index (χ1) is 7.18. The Bertz CT molecular complexity index is 337. The van der Waals surface area contributed by atoms with Crippen LogP contribution in [-0.2, 0) is 0 Å². The van der Waals surface area contributed by atoms with Gasteiger partial charge in [0.15, 0.2) is 0 Å². The Balaban J connectivity index is 1.92. The molecule has 1 aromatic rings. The average molecular weight is 227 g/mol. The zero-order valence-electron chi connectivity index (χ0n) is 8.79. The lowest BCUT2D eigenvalue weighted by atomic mass is 10.0. The van der Waals surface area contributed by atoms with Crippen LogP contribution in [0.3, 0.4) is 0 Å². The summed E-state index contributed by atoms with van der Waals surface area (Å²) in [6.45, 7) is 3.92. The van der Waals surface area contributed by atoms with Crippen LogP contribution < -0.4 is 10.1 Å². The van der Waals surface area contributed by atoms with Crippen molar-refractivity contribution in [3.8, 4) is 5.75 Å². The summed E-state index contributed by atoms with van der Waals surface area (Å²) >= 11 is 5.82. The second-order valence-corrected chi connectivity index (χ2v) is 4.65. The van der Waals surface area contributed by atoms with E-state index in [9.17, 15) is 0 Å². The Morgan fingerprint density at radius 3 is 3.13 bits per heavy atom. The molecule has 0 aromatic carbocycles. The van der Waals surface area contributed by atoms with E-state index >= 15 is 0 Å². The third kappa shape index (κ3) is 2.83. The van der Waals surface area contributed by atoms with Crippen LogP contribution in [0.4, 0.5) is 0 Å². The fourth-order valence-corrected chi connectivity index (χ4v) is 1.96. The molecule has 3 nitrogen and oxygen atoms in total. The van der Waals surface area contributed by atoms with Gasteiger partial charge in [0.05, 0.1) is 11.2 Å². The number of hydrogen-bond donors (Lipinski definition) is 1. The number of ether oxygens (including phenoxy) is 1. The molecule has 1 aliphatic rings. The molecule has 15 heavy (non-hydrogen) atoms. The van der Waals surface area contributed by atoms with E-state index in [4.69, 9.17) is 16.3 Å². The molecular formula is C11H15ClN2O. The number of halogens is 1. The van der Waals surface area contributed by atoms with Crippen LogP contribution in [0.5, 0.6) is 5.75 Å². The predicted molar refractivity (Wildman–Crippen MR) is 60.4 cm³/mol. The van der Waals surface area contributed by atoms with Crippen LogP contribution in [0, 0.1) is 0 Å². The number of pyridine rings is 1. The Labute approximate surface area is 94.8 Å². The molecule has 1 aliphatic heterocycles. The fourth-order valence-electron chi connectivity index (χ4n) is 1.79. The number of rotatable bonds is 3. The van der Waals surface area contributed by atoms with E-state index in [1.807, 2.05) is 0 Å². The van der Waals surface area contributed by atoms with Gasteiger partial charge in [-0.2, -0.15) is 0 Å². The van der Waals surface area contributed by atoms with Gasteiger partial charge in [0.25, 0.3) is 0 Å². The van der Waals surface area contributed by atoms with E-state index in [1.165, 1.54) is 6.42 Å². The summed E-state index contributed by atoms with van der Waals surface area (Å²) in [7, 11) is 0. The largest absolute Gasteiger partial charge is 0.490 e. The first kappa shape index (κ1) is 10.7. The van der Waals surface area contributed by atoms with Gasteiger partial charge in [-0.05, 0) is 26.3 Å². The molecule has 2 heterocycles. The van der Waals surface area contributed by atoms with Crippen LogP contribution >= 0.6 is 11.6 Å². The van der Waals surface area contributed by atoms with Gasteiger partial charge in [0.2, 0.25) is 0 Å². The highest BCUT2D eigenvalue weighted by atomic mass is 35.5. The normalized spacial score (nSPS) is 25.5. The minimum atomic E-state index is 0.0995. The molecule has 1 N–H and O–H groups in total. The lowest BCUT2D eigenvalue weighted by Gasteiger charge is -2.24. The summed E-state index contributed by atoms with van der Waals surface area (Å²) in [6.07, 6.45) is 5.66. The second-order valence-electron chi connectivity index (χ2n) is 4.22. The lowest BCUT2D eigenvalue weighted by Crippen LogP contribution is -2.42. The molecule has 0 radical (unpaired) electrons. The third-order valence-corrected chi connectivity index (χ3v) is 2.90. The van der Waals surface area contributed by atoms with Crippen molar-refractivity contribution in [1.29, 1.82) is 0 Å². The molecule has 0 unspecified atom stereocenters. The van der Waals surface area contributed by atoms with E-state index in [0.29, 0.717) is 11.6 Å². The Morgan fingerprint density at radius 1 is 1.60 bits per heavy atom. The monoisotopic (exact) mass is 226 g/mol. The molecule has 1 atom stereocenters. The summed E-state index contributed by atoms with van der Waals surface area (Å²) in [4.78, 5) is 3.97. The van der Waals surface area contributed by atoms with Crippen molar-refractivity contribution in [3.63, 3.8) is 0 Å². The lowest BCUT2D eigenvalue weighted by molar-refractivity contribution is 0.212. The zero-order valence-corrected chi connectivity index (χ0v) is 9.55. The maximum Gasteiger partial charge on any atom is 0.139 e. The van der Waals surface area contributed by atoms with E-state index in [1.54, 1.807) is 18.5 Å². The Morgan fingerprint density at radius 2 is 2.47 bits per heavy atom. The van der Waals surface area contributed by atoms with Gasteiger partial charge in [0.1, 0.15) is 12.4 Å². The molecular weight excluding hydrogens is 212 g/mol. The molecule has 1 aromatic heterocycles. The minimum Gasteiger partial charge on any atom is -0.490 e. The van der Waals surface area contributed by atoms with Crippen molar-refractivity contribution in [1.82, 2.24) is 10.3 Å². The molecule has 0 saturated carbocycles. The van der Waals surface area contributed by atoms with Gasteiger partial charge in [-0.1, -0.05) is 11.6 Å². The zero-order chi connectivity index (χ0) is 10.7. The molecule has 0 spiro atoms. The summed E-state index contributed by atoms with van der Waals surface area (Å²) in [5, 5.41) is 4.05. The SMILES string of the molecule is C[C@@]1(COc2cncc(Cl)c2)CCCN1. The number of nitrogens with zero attached hydrogens (tertiary/aromatic N) is 1. The van der Waals surface area contributed by atoms with E-state index < -0.39 is 0 Å². The molecule has 0 aliphatic carbocycles. The van der Waals surface area contributed by atoms with Crippen molar-refractivity contribution in [3.05, 3.63) is 23.5 Å². The highest BCUT2D eigenvalue weighted by Crippen LogP contribution is 2.21. The van der Waals surface area contributed by atoms with Crippen LogP contribution in [0.2, 0.25) is 5.02 Å². The molecule has 1 saturated heterocycles. The predicted octanol–water partition coefficient (Wildman–Crippen LogP) is 2.26. The van der Waals surface area contributed by atoms with Crippen LogP contribution in [-0.4, -0.2) is 23.7 Å². The van der Waals surface area contributed by atoms with Crippen LogP contribution in [0.15, 0.2) is 18.5 Å². The van der Waals surface area contributed by atoms with Gasteiger partial charge in [-0.3, -0.25) is 4.98 Å². The van der Waals surface area contributed by atoms with Crippen molar-refractivity contribution in [2.45, 2.75) is 25.3 Å². The van der Waals surface area contributed by atoms with Gasteiger partial charge < -0.3 is 10.1 Å². The van der Waals surface area contributed by atoms with Crippen LogP contribution in [0.25, 0.3) is 0 Å². The molecule has 82 valence electrons. The van der Waals surface area contributed by atoms with Gasteiger partial charge in [-0.25, -0.2) is 0 Å². The Hall–Kier alpha value is -0.800. The van der Waals surface area contributed by atoms with Gasteiger partial charge in [0, 0.05) is 17.8 Å². The smallest absolute Gasteiger partial charge is 0.139 e. The summed E-state index contributed by atoms with van der Waals surface area (Å²) < 4.78 is 5.66. The Kier molecular flexibility index (Phi) is 3.12. The first-order valence-electron chi connectivity index (χ1n) is 5.16. The topological polar surface area (TPSA) is 34.1 Å². The summed E-state index contributed by atoms with van der Waals surface area (Å²) in [6, 6.07) is 1.78. The standard InChI is InChI=1S/C11H15ClN2O/c1-11(3-2-4-14-11)8-15-10-5-9(12)6-13-7-10/h5-7,14H,2-4,8H2,1H3/t11-/m0/s1. The van der Waals surface area contributed by atoms with E-state index in [0.717, 1.165) is 18.7 Å². The average Bonchev–Trinajstić information content (AvgIpc) is 2.63. The molecule has 0 bridgehead atoms. The van der Waals surface area contributed by atoms with Crippen molar-refractivity contribution < 1.29 is 4.74 Å². The quantitative estimate of drug-likeness (QED) is 0.859. The highest BCUT2D eigenvalue weighted by molar-refractivity contribution is 6.30. The van der Waals surface area contributed by atoms with E-state index in [2.05, 4.69) is 17.2 Å².